The molecule has 134 valence electrons. The van der Waals surface area contributed by atoms with E-state index in [0.29, 0.717) is 24.0 Å². The van der Waals surface area contributed by atoms with E-state index >= 15 is 0 Å². The van der Waals surface area contributed by atoms with Gasteiger partial charge in [-0.05, 0) is 42.7 Å². The summed E-state index contributed by atoms with van der Waals surface area (Å²) in [7, 11) is 1.72. The first kappa shape index (κ1) is 17.6. The maximum atomic E-state index is 12.8. The van der Waals surface area contributed by atoms with Gasteiger partial charge in [0.1, 0.15) is 0 Å². The van der Waals surface area contributed by atoms with E-state index in [1.807, 2.05) is 39.9 Å². The summed E-state index contributed by atoms with van der Waals surface area (Å²) in [5, 5.41) is 0.966. The first-order valence-electron chi connectivity index (χ1n) is 8.55. The first-order chi connectivity index (χ1) is 12.2. The highest BCUT2D eigenvalue weighted by atomic mass is 19.1. The minimum atomic E-state index is 0.0514. The minimum Gasteiger partial charge on any atom is -0.381 e. The molecule has 1 fully saturated rings. The zero-order chi connectivity index (χ0) is 17.8. The van der Waals surface area contributed by atoms with E-state index in [0.717, 1.165) is 36.8 Å². The van der Waals surface area contributed by atoms with Gasteiger partial charge >= 0.3 is 0 Å². The molecule has 6 heteroatoms. The number of nitrogens with two attached hydrogens (primary N) is 1. The summed E-state index contributed by atoms with van der Waals surface area (Å²) < 4.78 is 20.1. The van der Waals surface area contributed by atoms with Gasteiger partial charge in [0, 0.05) is 56.0 Å². The summed E-state index contributed by atoms with van der Waals surface area (Å²) in [6.45, 7) is 2.04. The summed E-state index contributed by atoms with van der Waals surface area (Å²) in [6.07, 6.45) is 4.45. The Kier molecular flexibility index (Phi) is 5.50. The molecule has 0 bridgehead atoms. The van der Waals surface area contributed by atoms with Gasteiger partial charge in [0.2, 0.25) is 0 Å². The van der Waals surface area contributed by atoms with E-state index in [4.69, 9.17) is 10.5 Å². The van der Waals surface area contributed by atoms with Crippen LogP contribution in [0.1, 0.15) is 23.2 Å². The molecular weight excluding hydrogens is 321 g/mol. The molecule has 2 aromatic rings. The number of carbonyl (C=O) groups excluding carboxylic acids is 1. The van der Waals surface area contributed by atoms with Crippen LogP contribution in [0.2, 0.25) is 0 Å². The lowest BCUT2D eigenvalue weighted by atomic mass is 10.1. The van der Waals surface area contributed by atoms with Crippen molar-refractivity contribution in [1.82, 2.24) is 9.47 Å². The molecule has 3 rings (SSSR count). The van der Waals surface area contributed by atoms with Crippen LogP contribution in [0.25, 0.3) is 10.9 Å². The van der Waals surface area contributed by atoms with Crippen LogP contribution >= 0.6 is 0 Å². The number of aromatic nitrogens is 1. The van der Waals surface area contributed by atoms with E-state index in [9.17, 15) is 9.18 Å². The van der Waals surface area contributed by atoms with E-state index < -0.39 is 0 Å². The smallest absolute Gasteiger partial charge is 0.253 e. The third-order valence-corrected chi connectivity index (χ3v) is 4.87. The molecule has 1 amide bonds. The lowest BCUT2D eigenvalue weighted by Gasteiger charge is -2.31. The zero-order valence-electron chi connectivity index (χ0n) is 14.5. The zero-order valence-corrected chi connectivity index (χ0v) is 14.5. The van der Waals surface area contributed by atoms with Gasteiger partial charge in [0.15, 0.2) is 0 Å². The number of ether oxygens (including phenoxy) is 1. The van der Waals surface area contributed by atoms with E-state index in [-0.39, 0.29) is 18.6 Å². The fraction of sp³-hybridized carbons (Fsp3) is 0.421. The number of methoxy groups -OCH3 is 1. The third kappa shape index (κ3) is 3.75. The largest absolute Gasteiger partial charge is 0.381 e. The highest BCUT2D eigenvalue weighted by molar-refractivity contribution is 5.98. The number of nitrogens with zero attached hydrogens (tertiary/aromatic N) is 2. The Hall–Kier alpha value is -2.18. The molecule has 1 aromatic heterocycles. The number of hydrogen-bond donors (Lipinski definition) is 1. The standard InChI is InChI=1S/C19H24FN3O2/c1-25-17-5-8-22(9-6-17)19(24)16-2-3-18-15(10-16)4-7-23(18)13-14(11-20)12-21/h2-4,7,10-11,17H,5-6,8-9,12-13,21H2,1H3/b14-11+. The van der Waals surface area contributed by atoms with Crippen molar-refractivity contribution in [3.05, 3.63) is 47.9 Å². The van der Waals surface area contributed by atoms with Crippen LogP contribution < -0.4 is 5.73 Å². The van der Waals surface area contributed by atoms with Crippen molar-refractivity contribution >= 4 is 16.8 Å². The Morgan fingerprint density at radius 2 is 2.12 bits per heavy atom. The molecule has 1 saturated heterocycles. The molecule has 2 heterocycles. The molecule has 1 aromatic carbocycles. The van der Waals surface area contributed by atoms with Crippen LogP contribution in [0.4, 0.5) is 4.39 Å². The van der Waals surface area contributed by atoms with E-state index in [2.05, 4.69) is 0 Å². The second-order valence-corrected chi connectivity index (χ2v) is 6.42. The Bertz CT molecular complexity index is 776. The van der Waals surface area contributed by atoms with Gasteiger partial charge in [-0.1, -0.05) is 0 Å². The molecule has 0 radical (unpaired) electrons. The second-order valence-electron chi connectivity index (χ2n) is 6.42. The number of hydrogen-bond acceptors (Lipinski definition) is 3. The number of rotatable bonds is 5. The molecule has 0 saturated carbocycles. The maximum Gasteiger partial charge on any atom is 0.253 e. The number of carbonyl (C=O) groups is 1. The van der Waals surface area contributed by atoms with Crippen LogP contribution in [0.5, 0.6) is 0 Å². The predicted octanol–water partition coefficient (Wildman–Crippen LogP) is 2.70. The molecule has 2 N–H and O–H groups in total. The van der Waals surface area contributed by atoms with E-state index in [1.54, 1.807) is 7.11 Å². The van der Waals surface area contributed by atoms with Crippen molar-refractivity contribution < 1.29 is 13.9 Å². The number of likely N-dealkylation sites (tertiary alicyclic amines) is 1. The van der Waals surface area contributed by atoms with Gasteiger partial charge in [0.05, 0.1) is 12.4 Å². The van der Waals surface area contributed by atoms with Gasteiger partial charge in [-0.15, -0.1) is 0 Å². The van der Waals surface area contributed by atoms with Crippen molar-refractivity contribution in [1.29, 1.82) is 0 Å². The summed E-state index contributed by atoms with van der Waals surface area (Å²) >= 11 is 0. The average Bonchev–Trinajstić information content (AvgIpc) is 3.07. The van der Waals surface area contributed by atoms with Crippen LogP contribution in [0, 0.1) is 0 Å². The number of amides is 1. The molecule has 25 heavy (non-hydrogen) atoms. The Morgan fingerprint density at radius 1 is 1.36 bits per heavy atom. The number of fused-ring (bicyclic) bond motifs is 1. The van der Waals surface area contributed by atoms with Gasteiger partial charge < -0.3 is 19.9 Å². The molecule has 0 atom stereocenters. The van der Waals surface area contributed by atoms with Gasteiger partial charge in [-0.25, -0.2) is 4.39 Å². The Labute approximate surface area is 146 Å². The molecule has 0 aliphatic carbocycles. The van der Waals surface area contributed by atoms with E-state index in [1.165, 1.54) is 0 Å². The van der Waals surface area contributed by atoms with Crippen molar-refractivity contribution in [3.8, 4) is 0 Å². The first-order valence-corrected chi connectivity index (χ1v) is 8.55. The van der Waals surface area contributed by atoms with Crippen LogP contribution in [-0.4, -0.2) is 48.2 Å². The summed E-state index contributed by atoms with van der Waals surface area (Å²) in [4.78, 5) is 14.6. The molecular formula is C19H24FN3O2. The van der Waals surface area contributed by atoms with Crippen molar-refractivity contribution in [2.75, 3.05) is 26.7 Å². The Balaban J connectivity index is 1.77. The molecule has 5 nitrogen and oxygen atoms in total. The minimum absolute atomic E-state index is 0.0514. The summed E-state index contributed by atoms with van der Waals surface area (Å²) in [6, 6.07) is 7.59. The Morgan fingerprint density at radius 3 is 2.76 bits per heavy atom. The summed E-state index contributed by atoms with van der Waals surface area (Å²) in [5.74, 6) is 0.0514. The van der Waals surface area contributed by atoms with Crippen LogP contribution in [0.3, 0.4) is 0 Å². The molecule has 1 aliphatic heterocycles. The fourth-order valence-corrected chi connectivity index (χ4v) is 3.31. The van der Waals surface area contributed by atoms with Gasteiger partial charge in [0.25, 0.3) is 5.91 Å². The van der Waals surface area contributed by atoms with Gasteiger partial charge in [-0.3, -0.25) is 4.79 Å². The number of piperidine rings is 1. The number of benzene rings is 1. The van der Waals surface area contributed by atoms with Crippen LogP contribution in [-0.2, 0) is 11.3 Å². The SMILES string of the molecule is COC1CCN(C(=O)c2ccc3c(ccn3C/C(=C/F)CN)c2)CC1. The third-order valence-electron chi connectivity index (χ3n) is 4.87. The molecule has 1 aliphatic rings. The quantitative estimate of drug-likeness (QED) is 0.906. The van der Waals surface area contributed by atoms with Crippen molar-refractivity contribution in [2.45, 2.75) is 25.5 Å². The predicted molar refractivity (Wildman–Crippen MR) is 96.1 cm³/mol. The lowest BCUT2D eigenvalue weighted by molar-refractivity contribution is 0.0351. The van der Waals surface area contributed by atoms with Crippen molar-refractivity contribution in [2.24, 2.45) is 5.73 Å². The summed E-state index contributed by atoms with van der Waals surface area (Å²) in [5.41, 5.74) is 7.70. The monoisotopic (exact) mass is 345 g/mol. The molecule has 0 unspecified atom stereocenters. The highest BCUT2D eigenvalue weighted by Crippen LogP contribution is 2.21. The number of halogens is 1. The lowest BCUT2D eigenvalue weighted by Crippen LogP contribution is -2.40. The average molecular weight is 345 g/mol. The van der Waals surface area contributed by atoms with Crippen LogP contribution in [0.15, 0.2) is 42.4 Å². The van der Waals surface area contributed by atoms with Crippen molar-refractivity contribution in [3.63, 3.8) is 0 Å². The highest BCUT2D eigenvalue weighted by Gasteiger charge is 2.23. The topological polar surface area (TPSA) is 60.5 Å². The normalized spacial score (nSPS) is 16.6. The molecule has 0 spiro atoms. The van der Waals surface area contributed by atoms with Gasteiger partial charge in [-0.2, -0.15) is 0 Å². The maximum absolute atomic E-state index is 12.8. The second kappa shape index (κ2) is 7.80. The fourth-order valence-electron chi connectivity index (χ4n) is 3.31.